The third-order valence-corrected chi connectivity index (χ3v) is 5.18. The minimum Gasteiger partial charge on any atom is -0.544 e. The van der Waals surface area contributed by atoms with Gasteiger partial charge < -0.3 is 19.2 Å². The van der Waals surface area contributed by atoms with Gasteiger partial charge in [0.25, 0.3) is 10.9 Å². The molecule has 2 heterocycles. The molecule has 0 amide bonds. The number of aromatic nitrogens is 2. The van der Waals surface area contributed by atoms with Crippen molar-refractivity contribution in [2.24, 2.45) is 0 Å². The van der Waals surface area contributed by atoms with Crippen LogP contribution in [0.3, 0.4) is 0 Å². The molecule has 10 heteroatoms. The standard InChI is InChI=1S/C18H20N4O5S/c1-2-16-19-20-18(27-16)28-15(17(23)24)11-12-6-7-13(14(10-12)22(25)26)21-8-4-3-5-9-21/h6-7,10-11H,2-5,8-9H2,1H3,(H,23,24)/p-1/b15-11+. The molecule has 0 unspecified atom stereocenters. The van der Waals surface area contributed by atoms with Crippen LogP contribution in [-0.2, 0) is 11.2 Å². The van der Waals surface area contributed by atoms with Gasteiger partial charge in [0.1, 0.15) is 5.69 Å². The maximum atomic E-state index is 11.6. The third-order valence-electron chi connectivity index (χ3n) is 4.34. The van der Waals surface area contributed by atoms with Gasteiger partial charge in [0, 0.05) is 30.5 Å². The van der Waals surface area contributed by atoms with Crippen molar-refractivity contribution in [2.45, 2.75) is 37.8 Å². The lowest BCUT2D eigenvalue weighted by Gasteiger charge is -2.28. The zero-order chi connectivity index (χ0) is 20.1. The van der Waals surface area contributed by atoms with Crippen molar-refractivity contribution in [3.05, 3.63) is 44.7 Å². The zero-order valence-corrected chi connectivity index (χ0v) is 16.1. The lowest BCUT2D eigenvalue weighted by Crippen LogP contribution is -2.29. The van der Waals surface area contributed by atoms with E-state index < -0.39 is 10.9 Å². The largest absolute Gasteiger partial charge is 0.544 e. The molecule has 28 heavy (non-hydrogen) atoms. The van der Waals surface area contributed by atoms with Gasteiger partial charge in [-0.05, 0) is 48.7 Å². The van der Waals surface area contributed by atoms with Gasteiger partial charge >= 0.3 is 0 Å². The molecule has 3 rings (SSSR count). The van der Waals surface area contributed by atoms with E-state index in [9.17, 15) is 20.0 Å². The Morgan fingerprint density at radius 3 is 2.68 bits per heavy atom. The molecule has 148 valence electrons. The Morgan fingerprint density at radius 1 is 1.32 bits per heavy atom. The number of carbonyl (C=O) groups is 1. The van der Waals surface area contributed by atoms with Crippen LogP contribution in [0, 0.1) is 10.1 Å². The highest BCUT2D eigenvalue weighted by molar-refractivity contribution is 8.03. The molecule has 1 aliphatic rings. The van der Waals surface area contributed by atoms with Crippen molar-refractivity contribution >= 4 is 35.2 Å². The summed E-state index contributed by atoms with van der Waals surface area (Å²) in [6, 6.07) is 4.69. The number of anilines is 1. The predicted octanol–water partition coefficient (Wildman–Crippen LogP) is 2.41. The number of nitro groups is 1. The number of hydrogen-bond donors (Lipinski definition) is 0. The number of rotatable bonds is 7. The van der Waals surface area contributed by atoms with E-state index in [1.165, 1.54) is 12.1 Å². The van der Waals surface area contributed by atoms with Crippen LogP contribution in [-0.4, -0.2) is 34.2 Å². The van der Waals surface area contributed by atoms with Gasteiger partial charge in [-0.2, -0.15) is 0 Å². The van der Waals surface area contributed by atoms with Crippen LogP contribution < -0.4 is 10.0 Å². The first-order valence-electron chi connectivity index (χ1n) is 8.94. The maximum absolute atomic E-state index is 11.6. The van der Waals surface area contributed by atoms with Crippen LogP contribution in [0.1, 0.15) is 37.6 Å². The molecule has 1 aliphatic heterocycles. The van der Waals surface area contributed by atoms with Crippen LogP contribution in [0.4, 0.5) is 11.4 Å². The van der Waals surface area contributed by atoms with E-state index in [0.717, 1.165) is 44.1 Å². The van der Waals surface area contributed by atoms with Crippen molar-refractivity contribution in [1.82, 2.24) is 10.2 Å². The first kappa shape index (κ1) is 19.9. The second kappa shape index (κ2) is 8.87. The number of aliphatic carboxylic acids is 1. The van der Waals surface area contributed by atoms with Gasteiger partial charge in [-0.15, -0.1) is 10.2 Å². The van der Waals surface area contributed by atoms with E-state index in [1.54, 1.807) is 12.1 Å². The lowest BCUT2D eigenvalue weighted by atomic mass is 10.1. The Morgan fingerprint density at radius 2 is 2.07 bits per heavy atom. The van der Waals surface area contributed by atoms with Gasteiger partial charge in [-0.1, -0.05) is 13.0 Å². The molecule has 9 nitrogen and oxygen atoms in total. The van der Waals surface area contributed by atoms with E-state index in [2.05, 4.69) is 10.2 Å². The Bertz CT molecular complexity index is 905. The fourth-order valence-electron chi connectivity index (χ4n) is 2.98. The number of hydrogen-bond acceptors (Lipinski definition) is 9. The summed E-state index contributed by atoms with van der Waals surface area (Å²) in [5.41, 5.74) is 0.882. The van der Waals surface area contributed by atoms with Crippen LogP contribution >= 0.6 is 11.8 Å². The molecule has 0 bridgehead atoms. The minimum absolute atomic E-state index is 0.0515. The summed E-state index contributed by atoms with van der Waals surface area (Å²) in [7, 11) is 0. The molecule has 1 fully saturated rings. The topological polar surface area (TPSA) is 125 Å². The molecule has 0 radical (unpaired) electrons. The van der Waals surface area contributed by atoms with Crippen molar-refractivity contribution in [2.75, 3.05) is 18.0 Å². The zero-order valence-electron chi connectivity index (χ0n) is 15.3. The third kappa shape index (κ3) is 4.69. The highest BCUT2D eigenvalue weighted by atomic mass is 32.2. The van der Waals surface area contributed by atoms with Crippen LogP contribution in [0.2, 0.25) is 0 Å². The molecule has 0 spiro atoms. The molecule has 0 aliphatic carbocycles. The number of carboxylic acid groups (broad SMARTS) is 1. The number of thioether (sulfide) groups is 1. The maximum Gasteiger partial charge on any atom is 0.293 e. The van der Waals surface area contributed by atoms with Crippen LogP contribution in [0.5, 0.6) is 0 Å². The summed E-state index contributed by atoms with van der Waals surface area (Å²) >= 11 is 0.753. The van der Waals surface area contributed by atoms with Gasteiger partial charge in [-0.25, -0.2) is 0 Å². The minimum atomic E-state index is -1.43. The average molecular weight is 403 g/mol. The summed E-state index contributed by atoms with van der Waals surface area (Å²) in [5.74, 6) is -1.04. The summed E-state index contributed by atoms with van der Waals surface area (Å²) in [6.07, 6.45) is 4.94. The van der Waals surface area contributed by atoms with Crippen molar-refractivity contribution in [1.29, 1.82) is 0 Å². The number of carbonyl (C=O) groups excluding carboxylic acids is 1. The molecule has 1 saturated heterocycles. The SMILES string of the molecule is CCc1nnc(S/C(=C/c2ccc(N3CCCCC3)c([N+](=O)[O-])c2)C(=O)[O-])o1. The van der Waals surface area contributed by atoms with Gasteiger partial charge in [-0.3, -0.25) is 10.1 Å². The molecular weight excluding hydrogens is 384 g/mol. The predicted molar refractivity (Wildman–Crippen MR) is 102 cm³/mol. The molecule has 1 aromatic heterocycles. The molecule has 0 atom stereocenters. The normalized spacial score (nSPS) is 14.9. The molecular formula is C18H19N4O5S-. The first-order valence-corrected chi connectivity index (χ1v) is 9.76. The Balaban J connectivity index is 1.90. The van der Waals surface area contributed by atoms with Crippen molar-refractivity contribution < 1.29 is 19.2 Å². The van der Waals surface area contributed by atoms with E-state index in [4.69, 9.17) is 4.42 Å². The fraction of sp³-hybridized carbons (Fsp3) is 0.389. The summed E-state index contributed by atoms with van der Waals surface area (Å²) in [4.78, 5) is 24.4. The number of nitro benzene ring substituents is 1. The molecule has 1 aromatic carbocycles. The van der Waals surface area contributed by atoms with E-state index >= 15 is 0 Å². The first-order chi connectivity index (χ1) is 13.5. The molecule has 2 aromatic rings. The Kier molecular flexibility index (Phi) is 6.30. The summed E-state index contributed by atoms with van der Waals surface area (Å²) < 4.78 is 5.31. The number of aryl methyl sites for hydroxylation is 1. The van der Waals surface area contributed by atoms with Crippen LogP contribution in [0.25, 0.3) is 6.08 Å². The Hall–Kier alpha value is -2.88. The molecule has 0 N–H and O–H groups in total. The number of piperidine rings is 1. The van der Waals surface area contributed by atoms with Crippen molar-refractivity contribution in [3.63, 3.8) is 0 Å². The van der Waals surface area contributed by atoms with Gasteiger partial charge in [0.05, 0.1) is 10.9 Å². The van der Waals surface area contributed by atoms with E-state index in [-0.39, 0.29) is 15.8 Å². The average Bonchev–Trinajstić information content (AvgIpc) is 3.15. The summed E-state index contributed by atoms with van der Waals surface area (Å²) in [6.45, 7) is 3.38. The number of benzene rings is 1. The number of carboxylic acids is 1. The van der Waals surface area contributed by atoms with E-state index in [0.29, 0.717) is 23.6 Å². The smallest absolute Gasteiger partial charge is 0.293 e. The second-order valence-corrected chi connectivity index (χ2v) is 7.26. The highest BCUT2D eigenvalue weighted by Gasteiger charge is 2.21. The fourth-order valence-corrected chi connectivity index (χ4v) is 3.66. The van der Waals surface area contributed by atoms with Crippen molar-refractivity contribution in [3.8, 4) is 0 Å². The molecule has 0 saturated carbocycles. The highest BCUT2D eigenvalue weighted by Crippen LogP contribution is 2.33. The monoisotopic (exact) mass is 403 g/mol. The van der Waals surface area contributed by atoms with Gasteiger partial charge in [0.15, 0.2) is 0 Å². The number of nitrogens with zero attached hydrogens (tertiary/aromatic N) is 4. The lowest BCUT2D eigenvalue weighted by molar-refractivity contribution is -0.384. The van der Waals surface area contributed by atoms with Crippen LogP contribution in [0.15, 0.2) is 32.7 Å². The van der Waals surface area contributed by atoms with Gasteiger partial charge in [0.2, 0.25) is 5.89 Å². The summed E-state index contributed by atoms with van der Waals surface area (Å²) in [5, 5.41) is 30.7. The van der Waals surface area contributed by atoms with E-state index in [1.807, 2.05) is 11.8 Å². The Labute approximate surface area is 165 Å². The quantitative estimate of drug-likeness (QED) is 0.296. The second-order valence-electron chi connectivity index (χ2n) is 6.27.